The summed E-state index contributed by atoms with van der Waals surface area (Å²) in [5.74, 6) is -1.22. The minimum absolute atomic E-state index is 0.0245. The summed E-state index contributed by atoms with van der Waals surface area (Å²) >= 11 is 0. The Morgan fingerprint density at radius 2 is 1.91 bits per heavy atom. The predicted molar refractivity (Wildman–Crippen MR) is 105 cm³/mol. The summed E-state index contributed by atoms with van der Waals surface area (Å²) in [4.78, 5) is 19.7. The second kappa shape index (κ2) is 8.56. The fourth-order valence-corrected chi connectivity index (χ4v) is 3.70. The molecule has 0 radical (unpaired) electrons. The first-order chi connectivity index (χ1) is 15.3. The molecular formula is C21H19F4N5O2. The van der Waals surface area contributed by atoms with Gasteiger partial charge in [0.25, 0.3) is 5.91 Å². The standard InChI is InChI=1S/C21H19F4N5O2/c1-13-17(32-18-8-7-14(12-26-18)21(23,24)25)6-3-11-29(13)20(31)19-15(22)4-2-5-16(19)30-27-9-10-28-30/h2,4-5,7-10,12-13,17H,3,6,11H2,1H3. The van der Waals surface area contributed by atoms with E-state index in [4.69, 9.17) is 4.74 Å². The number of halogens is 4. The fraction of sp³-hybridized carbons (Fsp3) is 0.333. The molecule has 1 aliphatic heterocycles. The molecule has 2 unspecified atom stereocenters. The number of benzene rings is 1. The third-order valence-corrected chi connectivity index (χ3v) is 5.35. The molecule has 1 amide bonds. The monoisotopic (exact) mass is 449 g/mol. The van der Waals surface area contributed by atoms with Crippen molar-refractivity contribution >= 4 is 5.91 Å². The van der Waals surface area contributed by atoms with Crippen LogP contribution in [0.1, 0.15) is 35.7 Å². The average Bonchev–Trinajstić information content (AvgIpc) is 3.29. The minimum Gasteiger partial charge on any atom is -0.472 e. The maximum absolute atomic E-state index is 14.7. The summed E-state index contributed by atoms with van der Waals surface area (Å²) in [6.07, 6.45) is -0.325. The van der Waals surface area contributed by atoms with Gasteiger partial charge < -0.3 is 9.64 Å². The first-order valence-electron chi connectivity index (χ1n) is 9.92. The van der Waals surface area contributed by atoms with Crippen molar-refractivity contribution in [1.29, 1.82) is 0 Å². The molecule has 0 bridgehead atoms. The lowest BCUT2D eigenvalue weighted by Crippen LogP contribution is -2.51. The van der Waals surface area contributed by atoms with Crippen LogP contribution in [0, 0.1) is 5.82 Å². The zero-order valence-electron chi connectivity index (χ0n) is 17.0. The van der Waals surface area contributed by atoms with E-state index in [1.807, 2.05) is 0 Å². The van der Waals surface area contributed by atoms with Crippen molar-refractivity contribution < 1.29 is 27.1 Å². The molecule has 2 aromatic heterocycles. The van der Waals surface area contributed by atoms with Crippen molar-refractivity contribution in [3.63, 3.8) is 0 Å². The third kappa shape index (κ3) is 4.27. The molecule has 2 atom stereocenters. The van der Waals surface area contributed by atoms with E-state index in [1.54, 1.807) is 13.0 Å². The smallest absolute Gasteiger partial charge is 0.417 e. The van der Waals surface area contributed by atoms with Crippen LogP contribution in [-0.2, 0) is 6.18 Å². The summed E-state index contributed by atoms with van der Waals surface area (Å²) in [6, 6.07) is 5.77. The molecule has 1 aliphatic rings. The lowest BCUT2D eigenvalue weighted by atomic mass is 9.98. The lowest BCUT2D eigenvalue weighted by molar-refractivity contribution is -0.137. The van der Waals surface area contributed by atoms with Gasteiger partial charge in [0.15, 0.2) is 0 Å². The van der Waals surface area contributed by atoms with Crippen LogP contribution in [0.4, 0.5) is 17.6 Å². The Balaban J connectivity index is 1.55. The van der Waals surface area contributed by atoms with Gasteiger partial charge in [-0.2, -0.15) is 28.2 Å². The second-order valence-corrected chi connectivity index (χ2v) is 7.37. The number of aromatic nitrogens is 4. The summed E-state index contributed by atoms with van der Waals surface area (Å²) in [5.41, 5.74) is -0.832. The number of carbonyl (C=O) groups excluding carboxylic acids is 1. The Labute approximate surface area is 180 Å². The zero-order valence-corrected chi connectivity index (χ0v) is 17.0. The molecular weight excluding hydrogens is 430 g/mol. The van der Waals surface area contributed by atoms with Crippen LogP contribution in [0.25, 0.3) is 5.69 Å². The highest BCUT2D eigenvalue weighted by molar-refractivity contribution is 5.98. The Morgan fingerprint density at radius 1 is 1.16 bits per heavy atom. The highest BCUT2D eigenvalue weighted by Crippen LogP contribution is 2.30. The summed E-state index contributed by atoms with van der Waals surface area (Å²) in [6.45, 7) is 2.12. The van der Waals surface area contributed by atoms with E-state index >= 15 is 0 Å². The van der Waals surface area contributed by atoms with Crippen LogP contribution < -0.4 is 4.74 Å². The molecule has 168 valence electrons. The van der Waals surface area contributed by atoms with Crippen LogP contribution in [0.3, 0.4) is 0 Å². The van der Waals surface area contributed by atoms with Crippen LogP contribution >= 0.6 is 0 Å². The molecule has 3 aromatic rings. The van der Waals surface area contributed by atoms with E-state index in [0.717, 1.165) is 12.1 Å². The normalized spacial score (nSPS) is 19.1. The van der Waals surface area contributed by atoms with Crippen molar-refractivity contribution in [3.8, 4) is 11.6 Å². The summed E-state index contributed by atoms with van der Waals surface area (Å²) < 4.78 is 58.7. The third-order valence-electron chi connectivity index (χ3n) is 5.35. The average molecular weight is 449 g/mol. The van der Waals surface area contributed by atoms with Gasteiger partial charge in [-0.25, -0.2) is 9.37 Å². The Kier molecular flexibility index (Phi) is 5.81. The van der Waals surface area contributed by atoms with E-state index in [-0.39, 0.29) is 17.1 Å². The first kappa shape index (κ1) is 21.7. The minimum atomic E-state index is -4.49. The number of likely N-dealkylation sites (tertiary alicyclic amines) is 1. The van der Waals surface area contributed by atoms with Gasteiger partial charge in [-0.15, -0.1) is 0 Å². The quantitative estimate of drug-likeness (QED) is 0.565. The molecule has 32 heavy (non-hydrogen) atoms. The number of pyridine rings is 1. The molecule has 0 saturated carbocycles. The lowest BCUT2D eigenvalue weighted by Gasteiger charge is -2.39. The topological polar surface area (TPSA) is 73.1 Å². The van der Waals surface area contributed by atoms with Gasteiger partial charge in [-0.05, 0) is 38.0 Å². The molecule has 4 rings (SSSR count). The number of carbonyl (C=O) groups is 1. The maximum Gasteiger partial charge on any atom is 0.417 e. The predicted octanol–water partition coefficient (Wildman–Crippen LogP) is 3.89. The fourth-order valence-electron chi connectivity index (χ4n) is 3.70. The van der Waals surface area contributed by atoms with Gasteiger partial charge in [-0.3, -0.25) is 4.79 Å². The SMILES string of the molecule is CC1C(Oc2ccc(C(F)(F)F)cn2)CCCN1C(=O)c1c(F)cccc1-n1nccn1. The molecule has 0 aliphatic carbocycles. The van der Waals surface area contributed by atoms with Crippen LogP contribution in [0.5, 0.6) is 5.88 Å². The van der Waals surface area contributed by atoms with Crippen molar-refractivity contribution in [2.45, 2.75) is 38.1 Å². The second-order valence-electron chi connectivity index (χ2n) is 7.37. The molecule has 3 heterocycles. The summed E-state index contributed by atoms with van der Waals surface area (Å²) in [5, 5.41) is 7.97. The Bertz CT molecular complexity index is 1090. The van der Waals surface area contributed by atoms with E-state index in [1.165, 1.54) is 34.2 Å². The zero-order chi connectivity index (χ0) is 22.9. The Morgan fingerprint density at radius 3 is 2.56 bits per heavy atom. The highest BCUT2D eigenvalue weighted by atomic mass is 19.4. The van der Waals surface area contributed by atoms with E-state index in [2.05, 4.69) is 15.2 Å². The highest BCUT2D eigenvalue weighted by Gasteiger charge is 2.36. The van der Waals surface area contributed by atoms with Crippen LogP contribution in [0.2, 0.25) is 0 Å². The number of nitrogens with zero attached hydrogens (tertiary/aromatic N) is 5. The van der Waals surface area contributed by atoms with Gasteiger partial charge in [-0.1, -0.05) is 6.07 Å². The Hall–Kier alpha value is -3.50. The summed E-state index contributed by atoms with van der Waals surface area (Å²) in [7, 11) is 0. The first-order valence-corrected chi connectivity index (χ1v) is 9.92. The largest absolute Gasteiger partial charge is 0.472 e. The van der Waals surface area contributed by atoms with E-state index < -0.39 is 35.6 Å². The van der Waals surface area contributed by atoms with Crippen molar-refractivity contribution in [3.05, 3.63) is 65.9 Å². The van der Waals surface area contributed by atoms with Gasteiger partial charge in [0.05, 0.1) is 24.0 Å². The number of hydrogen-bond donors (Lipinski definition) is 0. The number of amides is 1. The van der Waals surface area contributed by atoms with Crippen molar-refractivity contribution in [2.24, 2.45) is 0 Å². The van der Waals surface area contributed by atoms with E-state index in [0.29, 0.717) is 25.6 Å². The van der Waals surface area contributed by atoms with Crippen molar-refractivity contribution in [2.75, 3.05) is 6.54 Å². The molecule has 0 N–H and O–H groups in total. The van der Waals surface area contributed by atoms with Gasteiger partial charge in [0.2, 0.25) is 5.88 Å². The number of ether oxygens (including phenoxy) is 1. The number of rotatable bonds is 4. The number of hydrogen-bond acceptors (Lipinski definition) is 5. The molecule has 1 fully saturated rings. The number of piperidine rings is 1. The maximum atomic E-state index is 14.7. The molecule has 11 heteroatoms. The van der Waals surface area contributed by atoms with E-state index in [9.17, 15) is 22.4 Å². The van der Waals surface area contributed by atoms with Gasteiger partial charge in [0.1, 0.15) is 23.2 Å². The van der Waals surface area contributed by atoms with Gasteiger partial charge in [0, 0.05) is 18.8 Å². The van der Waals surface area contributed by atoms with Gasteiger partial charge >= 0.3 is 6.18 Å². The molecule has 7 nitrogen and oxygen atoms in total. The van der Waals surface area contributed by atoms with Crippen molar-refractivity contribution in [1.82, 2.24) is 24.9 Å². The van der Waals surface area contributed by atoms with Crippen LogP contribution in [0.15, 0.2) is 48.9 Å². The molecule has 1 saturated heterocycles. The molecule has 1 aromatic carbocycles. The molecule has 0 spiro atoms. The van der Waals surface area contributed by atoms with Crippen LogP contribution in [-0.4, -0.2) is 49.5 Å². The number of alkyl halides is 3.